The summed E-state index contributed by atoms with van der Waals surface area (Å²) in [6, 6.07) is 2.28. The van der Waals surface area contributed by atoms with E-state index >= 15 is 0 Å². The van der Waals surface area contributed by atoms with Gasteiger partial charge in [-0.2, -0.15) is 5.26 Å². The minimum absolute atomic E-state index is 0.0436. The highest BCUT2D eigenvalue weighted by atomic mass is 16.1. The lowest BCUT2D eigenvalue weighted by Crippen LogP contribution is -2.48. The second-order valence-electron chi connectivity index (χ2n) is 9.58. The quantitative estimate of drug-likeness (QED) is 0.574. The van der Waals surface area contributed by atoms with Crippen LogP contribution in [0.3, 0.4) is 0 Å². The number of nitriles is 1. The Morgan fingerprint density at radius 1 is 1.25 bits per heavy atom. The Hall–Kier alpha value is -1.36. The lowest BCUT2D eigenvalue weighted by molar-refractivity contribution is -0.119. The predicted molar refractivity (Wildman–Crippen MR) is 95.0 cm³/mol. The molecule has 24 heavy (non-hydrogen) atoms. The highest BCUT2D eigenvalue weighted by Gasteiger charge is 2.54. The van der Waals surface area contributed by atoms with E-state index in [9.17, 15) is 10.1 Å². The second-order valence-corrected chi connectivity index (χ2v) is 9.58. The van der Waals surface area contributed by atoms with Gasteiger partial charge in [0.25, 0.3) is 0 Å². The summed E-state index contributed by atoms with van der Waals surface area (Å²) in [7, 11) is 0. The lowest BCUT2D eigenvalue weighted by atomic mass is 9.49. The molecule has 0 radical (unpaired) electrons. The average molecular weight is 323 g/mol. The molecule has 128 valence electrons. The van der Waals surface area contributed by atoms with Crippen molar-refractivity contribution in [3.8, 4) is 6.07 Å². The van der Waals surface area contributed by atoms with Gasteiger partial charge in [-0.25, -0.2) is 0 Å². The molecule has 1 unspecified atom stereocenters. The number of nitrogens with zero attached hydrogens (tertiary/aromatic N) is 1. The zero-order valence-electron chi connectivity index (χ0n) is 15.5. The van der Waals surface area contributed by atoms with Gasteiger partial charge in [-0.15, -0.1) is 0 Å². The number of carbonyl (C=O) groups excluding carboxylic acids is 1. The summed E-state index contributed by atoms with van der Waals surface area (Å²) < 4.78 is 0. The normalized spacial score (nSPS) is 43.5. The predicted octanol–water partition coefficient (Wildman–Crippen LogP) is 5.21. The van der Waals surface area contributed by atoms with E-state index < -0.39 is 5.92 Å². The van der Waals surface area contributed by atoms with Crippen LogP contribution in [0.15, 0.2) is 22.8 Å². The molecule has 2 heteroatoms. The number of allylic oxidation sites excluding steroid dienone is 4. The van der Waals surface area contributed by atoms with Gasteiger partial charge in [0.05, 0.1) is 6.07 Å². The molecule has 0 bridgehead atoms. The van der Waals surface area contributed by atoms with Crippen molar-refractivity contribution in [2.24, 2.45) is 34.5 Å². The smallest absolute Gasteiger partial charge is 0.172 e. The van der Waals surface area contributed by atoms with Gasteiger partial charge in [-0.3, -0.25) is 4.79 Å². The van der Waals surface area contributed by atoms with Crippen LogP contribution in [0.5, 0.6) is 0 Å². The Bertz CT molecular complexity index is 704. The zero-order valence-corrected chi connectivity index (χ0v) is 15.5. The van der Waals surface area contributed by atoms with E-state index in [2.05, 4.69) is 33.8 Å². The van der Waals surface area contributed by atoms with Crippen molar-refractivity contribution in [3.63, 3.8) is 0 Å². The third-order valence-electron chi connectivity index (χ3n) is 7.90. The third-order valence-corrected chi connectivity index (χ3v) is 7.90. The molecule has 4 rings (SSSR count). The molecule has 0 aliphatic heterocycles. The topological polar surface area (TPSA) is 40.9 Å². The van der Waals surface area contributed by atoms with Crippen molar-refractivity contribution in [2.75, 3.05) is 0 Å². The van der Waals surface area contributed by atoms with Crippen LogP contribution in [0, 0.1) is 45.8 Å². The first-order valence-electron chi connectivity index (χ1n) is 9.66. The lowest BCUT2D eigenvalue weighted by Gasteiger charge is -2.55. The fraction of sp³-hybridized carbons (Fsp3) is 0.727. The minimum Gasteiger partial charge on any atom is -0.293 e. The molecule has 5 atom stereocenters. The van der Waals surface area contributed by atoms with Crippen molar-refractivity contribution in [3.05, 3.63) is 22.8 Å². The molecule has 0 amide bonds. The maximum absolute atomic E-state index is 12.3. The van der Waals surface area contributed by atoms with Crippen LogP contribution in [-0.2, 0) is 4.79 Å². The molecule has 0 saturated heterocycles. The maximum atomic E-state index is 12.3. The van der Waals surface area contributed by atoms with Crippen LogP contribution in [-0.4, -0.2) is 5.78 Å². The van der Waals surface area contributed by atoms with E-state index in [4.69, 9.17) is 0 Å². The molecular formula is C22H29NO. The van der Waals surface area contributed by atoms with Gasteiger partial charge < -0.3 is 0 Å². The van der Waals surface area contributed by atoms with Gasteiger partial charge in [-0.05, 0) is 73.2 Å². The van der Waals surface area contributed by atoms with Crippen molar-refractivity contribution in [1.29, 1.82) is 5.26 Å². The van der Waals surface area contributed by atoms with E-state index in [1.165, 1.54) is 37.7 Å². The summed E-state index contributed by atoms with van der Waals surface area (Å²) in [5, 5.41) is 9.44. The van der Waals surface area contributed by atoms with Crippen molar-refractivity contribution in [1.82, 2.24) is 0 Å². The number of hydrogen-bond acceptors (Lipinski definition) is 2. The Morgan fingerprint density at radius 3 is 2.71 bits per heavy atom. The first kappa shape index (κ1) is 16.1. The van der Waals surface area contributed by atoms with Crippen molar-refractivity contribution >= 4 is 5.78 Å². The van der Waals surface area contributed by atoms with Gasteiger partial charge in [0.15, 0.2) is 5.78 Å². The van der Waals surface area contributed by atoms with Gasteiger partial charge >= 0.3 is 0 Å². The first-order valence-corrected chi connectivity index (χ1v) is 9.66. The van der Waals surface area contributed by atoms with Gasteiger partial charge in [0.1, 0.15) is 5.92 Å². The standard InChI is InChI=1S/C22H29NO/c1-13-9-16-15-7-8-21(2,3)17(15)5-6-18(16)22(4)11-14(12-23)20(24)10-19(13)22/h10,13-14,16,18H,5-9,11H2,1-4H3/t13-,14?,16-,18-,22+/m0/s1. The van der Waals surface area contributed by atoms with Gasteiger partial charge in [0, 0.05) is 0 Å². The zero-order chi connectivity index (χ0) is 17.3. The molecule has 0 heterocycles. The van der Waals surface area contributed by atoms with E-state index in [0.29, 0.717) is 23.2 Å². The molecule has 1 saturated carbocycles. The molecule has 1 fully saturated rings. The highest BCUT2D eigenvalue weighted by molar-refractivity contribution is 5.95. The molecular weight excluding hydrogens is 294 g/mol. The van der Waals surface area contributed by atoms with Crippen molar-refractivity contribution < 1.29 is 4.79 Å². The first-order chi connectivity index (χ1) is 11.3. The molecule has 4 aliphatic rings. The fourth-order valence-electron chi connectivity index (χ4n) is 6.65. The molecule has 0 aromatic rings. The third kappa shape index (κ3) is 2.03. The number of hydrogen-bond donors (Lipinski definition) is 0. The van der Waals surface area contributed by atoms with E-state index in [1.807, 2.05) is 6.08 Å². The number of ketones is 1. The monoisotopic (exact) mass is 323 g/mol. The molecule has 0 N–H and O–H groups in total. The summed E-state index contributed by atoms with van der Waals surface area (Å²) in [4.78, 5) is 12.3. The highest BCUT2D eigenvalue weighted by Crippen LogP contribution is 2.63. The van der Waals surface area contributed by atoms with Crippen LogP contribution >= 0.6 is 0 Å². The number of carbonyl (C=O) groups is 1. The molecule has 0 spiro atoms. The SMILES string of the molecule is C[C@H]1C[C@H]2C3=C(CC[C@@H]2[C@@]2(C)CC(C#N)C(=O)C=C12)C(C)(C)CC3. The summed E-state index contributed by atoms with van der Waals surface area (Å²) >= 11 is 0. The van der Waals surface area contributed by atoms with Gasteiger partial charge in [0.2, 0.25) is 0 Å². The van der Waals surface area contributed by atoms with E-state index in [1.54, 1.807) is 11.1 Å². The van der Waals surface area contributed by atoms with Crippen LogP contribution in [0.2, 0.25) is 0 Å². The maximum Gasteiger partial charge on any atom is 0.172 e. The second kappa shape index (κ2) is 5.07. The minimum atomic E-state index is -0.430. The molecule has 0 aromatic heterocycles. The molecule has 2 nitrogen and oxygen atoms in total. The fourth-order valence-corrected chi connectivity index (χ4v) is 6.65. The van der Waals surface area contributed by atoms with Gasteiger partial charge in [-0.1, -0.05) is 44.4 Å². The van der Waals surface area contributed by atoms with E-state index in [-0.39, 0.29) is 11.2 Å². The Morgan fingerprint density at radius 2 is 2.00 bits per heavy atom. The molecule has 0 aromatic carbocycles. The van der Waals surface area contributed by atoms with Crippen LogP contribution < -0.4 is 0 Å². The number of rotatable bonds is 0. The Kier molecular flexibility index (Phi) is 3.41. The summed E-state index contributed by atoms with van der Waals surface area (Å²) in [6.45, 7) is 9.49. The average Bonchev–Trinajstić information content (AvgIpc) is 2.84. The Balaban J connectivity index is 1.78. The van der Waals surface area contributed by atoms with Crippen LogP contribution in [0.25, 0.3) is 0 Å². The molecule has 4 aliphatic carbocycles. The number of fused-ring (bicyclic) bond motifs is 4. The summed E-state index contributed by atoms with van der Waals surface area (Å²) in [5.74, 6) is 1.39. The van der Waals surface area contributed by atoms with Crippen LogP contribution in [0.4, 0.5) is 0 Å². The largest absolute Gasteiger partial charge is 0.293 e. The van der Waals surface area contributed by atoms with Crippen LogP contribution in [0.1, 0.15) is 66.2 Å². The Labute approximate surface area is 146 Å². The van der Waals surface area contributed by atoms with Crippen molar-refractivity contribution in [2.45, 2.75) is 66.2 Å². The summed E-state index contributed by atoms with van der Waals surface area (Å²) in [5.41, 5.74) is 5.28. The summed E-state index contributed by atoms with van der Waals surface area (Å²) in [6.07, 6.45) is 8.84. The van der Waals surface area contributed by atoms with E-state index in [0.717, 1.165) is 6.42 Å².